The lowest BCUT2D eigenvalue weighted by Gasteiger charge is -2.29. The van der Waals surface area contributed by atoms with Crippen molar-refractivity contribution in [2.45, 2.75) is 107 Å². The molecule has 1 amide bonds. The zero-order valence-corrected chi connectivity index (χ0v) is 30.1. The third-order valence-electron chi connectivity index (χ3n) is 7.68. The van der Waals surface area contributed by atoms with E-state index in [0.717, 1.165) is 52.0 Å². The maximum Gasteiger partial charge on any atom is 0.410 e. The molecule has 1 aliphatic rings. The minimum Gasteiger partial charge on any atom is -0.478 e. The van der Waals surface area contributed by atoms with Crippen molar-refractivity contribution in [2.24, 2.45) is 22.7 Å². The van der Waals surface area contributed by atoms with Crippen LogP contribution in [0.25, 0.3) is 0 Å². The number of hydrogen-bond acceptors (Lipinski definition) is 4. The van der Waals surface area contributed by atoms with Crippen molar-refractivity contribution in [3.05, 3.63) is 82.5 Å². The van der Waals surface area contributed by atoms with Gasteiger partial charge < -0.3 is 14.7 Å². The van der Waals surface area contributed by atoms with Crippen molar-refractivity contribution in [2.75, 3.05) is 20.1 Å². The molecule has 0 radical (unpaired) electrons. The molecular weight excluding hydrogens is 560 g/mol. The van der Waals surface area contributed by atoms with Gasteiger partial charge >= 0.3 is 12.1 Å². The lowest BCUT2D eigenvalue weighted by molar-refractivity contribution is -0.132. The number of ether oxygens (including phenoxy) is 1. The van der Waals surface area contributed by atoms with Gasteiger partial charge in [0.15, 0.2) is 0 Å². The van der Waals surface area contributed by atoms with Gasteiger partial charge in [0.2, 0.25) is 0 Å². The molecule has 0 spiro atoms. The third-order valence-corrected chi connectivity index (χ3v) is 7.68. The normalized spacial score (nSPS) is 16.3. The van der Waals surface area contributed by atoms with Gasteiger partial charge in [-0.15, -0.1) is 0 Å². The van der Waals surface area contributed by atoms with Crippen LogP contribution in [0.2, 0.25) is 0 Å². The minimum atomic E-state index is -0.923. The summed E-state index contributed by atoms with van der Waals surface area (Å²) in [6.07, 6.45) is 9.51. The molecule has 0 aromatic rings. The summed E-state index contributed by atoms with van der Waals surface area (Å²) >= 11 is 0. The summed E-state index contributed by atoms with van der Waals surface area (Å²) in [6.45, 7) is 33.8. The fourth-order valence-electron chi connectivity index (χ4n) is 4.96. The van der Waals surface area contributed by atoms with E-state index in [-0.39, 0.29) is 12.0 Å². The molecule has 0 saturated heterocycles. The molecule has 0 aliphatic heterocycles. The summed E-state index contributed by atoms with van der Waals surface area (Å²) in [5.74, 6) is -0.0791. The Morgan fingerprint density at radius 2 is 1.62 bits per heavy atom. The predicted octanol–water partition coefficient (Wildman–Crippen LogP) is 10.1. The zero-order chi connectivity index (χ0) is 34.6. The highest BCUT2D eigenvalue weighted by Gasteiger charge is 2.31. The Balaban J connectivity index is 3.46. The van der Waals surface area contributed by atoms with Crippen LogP contribution in [0.5, 0.6) is 0 Å². The first kappa shape index (κ1) is 39.6. The number of amides is 1. The van der Waals surface area contributed by atoms with Gasteiger partial charge in [0, 0.05) is 37.0 Å². The monoisotopic (exact) mass is 620 g/mol. The molecule has 1 rings (SSSR count). The van der Waals surface area contributed by atoms with Crippen LogP contribution >= 0.6 is 0 Å². The summed E-state index contributed by atoms with van der Waals surface area (Å²) < 4.78 is 5.69. The number of hydrogen-bond donors (Lipinski definition) is 1. The SMILES string of the molecule is C=C(C)C/C(=C\C=C(/C)C(C)/C=C(\C(C(C)=NC)=C(/CC(=C)CCN(CC(C)C)C(=O)OC(C)(C)C)C(=C)C)C1CC1)C(=O)O. The fourth-order valence-corrected chi connectivity index (χ4v) is 4.96. The minimum absolute atomic E-state index is 0.0874. The van der Waals surface area contributed by atoms with Gasteiger partial charge in [-0.1, -0.05) is 81.0 Å². The van der Waals surface area contributed by atoms with E-state index in [1.54, 1.807) is 11.0 Å². The molecule has 1 atom stereocenters. The Morgan fingerprint density at radius 1 is 1.02 bits per heavy atom. The molecular formula is C39H60N2O4. The highest BCUT2D eigenvalue weighted by atomic mass is 16.6. The zero-order valence-electron chi connectivity index (χ0n) is 30.1. The van der Waals surface area contributed by atoms with Crippen molar-refractivity contribution >= 4 is 17.8 Å². The van der Waals surface area contributed by atoms with Crippen molar-refractivity contribution in [1.82, 2.24) is 4.90 Å². The maximum atomic E-state index is 13.0. The first-order valence-corrected chi connectivity index (χ1v) is 16.2. The molecule has 1 fully saturated rings. The third kappa shape index (κ3) is 14.5. The van der Waals surface area contributed by atoms with Crippen LogP contribution in [-0.2, 0) is 9.53 Å². The number of aliphatic imine (C=N–C) groups is 1. The number of carbonyl (C=O) groups is 2. The van der Waals surface area contributed by atoms with Crippen LogP contribution in [0.1, 0.15) is 101 Å². The number of nitrogens with zero attached hydrogens (tertiary/aromatic N) is 2. The molecule has 250 valence electrons. The quantitative estimate of drug-likeness (QED) is 0.0759. The van der Waals surface area contributed by atoms with Crippen LogP contribution < -0.4 is 0 Å². The van der Waals surface area contributed by atoms with Crippen LogP contribution in [0.15, 0.2) is 87.5 Å². The van der Waals surface area contributed by atoms with E-state index in [0.29, 0.717) is 49.8 Å². The standard InChI is InChI=1S/C39H60N2O4/c1-25(2)21-33(37(42)43)16-15-29(8)30(9)23-35(32-17-18-32)36(31(10)40-14)34(27(5)6)22-28(7)19-20-41(24-26(3)4)38(44)45-39(11,12)13/h15-16,23,26,30,32H,1,5,7,17-22,24H2,2-4,6,8-14H3,(H,42,43)/b29-15+,33-16+,35-23-,36-34+,40-31?. The van der Waals surface area contributed by atoms with Crippen LogP contribution in [0.3, 0.4) is 0 Å². The van der Waals surface area contributed by atoms with E-state index in [1.165, 1.54) is 5.57 Å². The average Bonchev–Trinajstić information content (AvgIpc) is 3.75. The molecule has 0 aromatic carbocycles. The van der Waals surface area contributed by atoms with E-state index in [4.69, 9.17) is 4.74 Å². The van der Waals surface area contributed by atoms with Crippen molar-refractivity contribution in [3.8, 4) is 0 Å². The van der Waals surface area contributed by atoms with Crippen LogP contribution in [0.4, 0.5) is 4.79 Å². The van der Waals surface area contributed by atoms with E-state index >= 15 is 0 Å². The second-order valence-electron chi connectivity index (χ2n) is 14.2. The highest BCUT2D eigenvalue weighted by molar-refractivity contribution is 6.03. The molecule has 0 bridgehead atoms. The lowest BCUT2D eigenvalue weighted by Crippen LogP contribution is -2.39. The molecule has 1 aliphatic carbocycles. The van der Waals surface area contributed by atoms with Crippen molar-refractivity contribution in [3.63, 3.8) is 0 Å². The number of carboxylic acid groups (broad SMARTS) is 1. The van der Waals surface area contributed by atoms with Gasteiger partial charge in [0.25, 0.3) is 0 Å². The van der Waals surface area contributed by atoms with E-state index in [2.05, 4.69) is 58.5 Å². The van der Waals surface area contributed by atoms with Gasteiger partial charge in [-0.3, -0.25) is 4.99 Å². The molecule has 0 heterocycles. The van der Waals surface area contributed by atoms with Crippen LogP contribution in [0, 0.1) is 17.8 Å². The molecule has 1 N–H and O–H groups in total. The smallest absolute Gasteiger partial charge is 0.410 e. The second-order valence-corrected chi connectivity index (χ2v) is 14.2. The fraction of sp³-hybridized carbons (Fsp3) is 0.564. The number of rotatable bonds is 17. The van der Waals surface area contributed by atoms with E-state index in [1.807, 2.05) is 54.7 Å². The number of allylic oxidation sites excluding steroid dienone is 9. The Bertz CT molecular complexity index is 1280. The Kier molecular flexibility index (Phi) is 15.8. The molecule has 6 heteroatoms. The Labute approximate surface area is 274 Å². The highest BCUT2D eigenvalue weighted by Crippen LogP contribution is 2.44. The lowest BCUT2D eigenvalue weighted by atomic mass is 9.84. The summed E-state index contributed by atoms with van der Waals surface area (Å²) in [4.78, 5) is 31.1. The van der Waals surface area contributed by atoms with Gasteiger partial charge in [-0.2, -0.15) is 0 Å². The number of carboxylic acids is 1. The topological polar surface area (TPSA) is 79.2 Å². The van der Waals surface area contributed by atoms with Crippen molar-refractivity contribution < 1.29 is 19.4 Å². The predicted molar refractivity (Wildman–Crippen MR) is 191 cm³/mol. The molecule has 0 aromatic heterocycles. The summed E-state index contributed by atoms with van der Waals surface area (Å²) in [5, 5.41) is 9.61. The second kappa shape index (κ2) is 17.9. The summed E-state index contributed by atoms with van der Waals surface area (Å²) in [5.41, 5.74) is 8.14. The number of aliphatic carboxylic acids is 1. The Hall–Kier alpha value is -3.41. The summed E-state index contributed by atoms with van der Waals surface area (Å²) in [6, 6.07) is 0. The first-order valence-electron chi connectivity index (χ1n) is 16.2. The van der Waals surface area contributed by atoms with E-state index < -0.39 is 11.6 Å². The first-order chi connectivity index (χ1) is 20.8. The van der Waals surface area contributed by atoms with Gasteiger partial charge in [0.05, 0.1) is 0 Å². The van der Waals surface area contributed by atoms with Gasteiger partial charge in [-0.25, -0.2) is 9.59 Å². The van der Waals surface area contributed by atoms with Gasteiger partial charge in [0.1, 0.15) is 5.60 Å². The number of carbonyl (C=O) groups excluding carboxylic acids is 1. The largest absolute Gasteiger partial charge is 0.478 e. The molecule has 1 unspecified atom stereocenters. The van der Waals surface area contributed by atoms with E-state index in [9.17, 15) is 14.7 Å². The molecule has 6 nitrogen and oxygen atoms in total. The average molecular weight is 621 g/mol. The van der Waals surface area contributed by atoms with Gasteiger partial charge in [-0.05, 0) is 109 Å². The van der Waals surface area contributed by atoms with Crippen molar-refractivity contribution in [1.29, 1.82) is 0 Å². The molecule has 45 heavy (non-hydrogen) atoms. The van der Waals surface area contributed by atoms with Crippen LogP contribution in [-0.4, -0.2) is 53.5 Å². The molecule has 1 saturated carbocycles. The maximum absolute atomic E-state index is 13.0. The Morgan fingerprint density at radius 3 is 2.07 bits per heavy atom. The summed E-state index contributed by atoms with van der Waals surface area (Å²) in [7, 11) is 1.82.